The van der Waals surface area contributed by atoms with Crippen molar-refractivity contribution in [1.29, 1.82) is 0 Å². The highest BCUT2D eigenvalue weighted by molar-refractivity contribution is 5.81. The number of methoxy groups -OCH3 is 1. The Bertz CT molecular complexity index is 526. The predicted molar refractivity (Wildman–Crippen MR) is 92.1 cm³/mol. The molecule has 1 aromatic rings. The van der Waals surface area contributed by atoms with Crippen molar-refractivity contribution in [3.8, 4) is 0 Å². The number of amides is 1. The van der Waals surface area contributed by atoms with Gasteiger partial charge in [0.15, 0.2) is 6.04 Å². The summed E-state index contributed by atoms with van der Waals surface area (Å²) in [4.78, 5) is 23.5. The highest BCUT2D eigenvalue weighted by atomic mass is 16.6. The van der Waals surface area contributed by atoms with Crippen LogP contribution in [0.5, 0.6) is 0 Å². The smallest absolute Gasteiger partial charge is 0.408 e. The maximum Gasteiger partial charge on any atom is 0.408 e. The van der Waals surface area contributed by atoms with E-state index in [0.29, 0.717) is 13.2 Å². The first kappa shape index (κ1) is 20.9. The number of rotatable bonds is 9. The third-order valence-electron chi connectivity index (χ3n) is 2.94. The minimum atomic E-state index is -0.936. The third kappa shape index (κ3) is 9.69. The van der Waals surface area contributed by atoms with E-state index in [2.05, 4.69) is 10.1 Å². The molecule has 1 rings (SSSR count). The molecule has 0 aliphatic carbocycles. The van der Waals surface area contributed by atoms with E-state index in [9.17, 15) is 9.59 Å². The summed E-state index contributed by atoms with van der Waals surface area (Å²) in [7, 11) is 1.25. The molecule has 0 saturated heterocycles. The van der Waals surface area contributed by atoms with Crippen LogP contribution in [0, 0.1) is 0 Å². The lowest BCUT2D eigenvalue weighted by atomic mass is 10.2. The second-order valence-electron chi connectivity index (χ2n) is 6.34. The Kier molecular flexibility index (Phi) is 8.94. The minimum Gasteiger partial charge on any atom is -0.467 e. The van der Waals surface area contributed by atoms with Crippen molar-refractivity contribution >= 4 is 12.1 Å². The average molecular weight is 353 g/mol. The SMILES string of the molecule is COC(=O)[C@H](COCCOCc1ccccc1)NC(=O)OC(C)(C)C. The zero-order valence-electron chi connectivity index (χ0n) is 15.2. The fraction of sp³-hybridized carbons (Fsp3) is 0.556. The van der Waals surface area contributed by atoms with Crippen LogP contribution in [0.2, 0.25) is 0 Å². The average Bonchev–Trinajstić information content (AvgIpc) is 2.55. The zero-order valence-corrected chi connectivity index (χ0v) is 15.2. The molecular formula is C18H27NO6. The highest BCUT2D eigenvalue weighted by Gasteiger charge is 2.25. The summed E-state index contributed by atoms with van der Waals surface area (Å²) >= 11 is 0. The second kappa shape index (κ2) is 10.7. The summed E-state index contributed by atoms with van der Waals surface area (Å²) in [5, 5.41) is 2.44. The summed E-state index contributed by atoms with van der Waals surface area (Å²) in [5.41, 5.74) is 0.415. The van der Waals surface area contributed by atoms with Gasteiger partial charge in [-0.15, -0.1) is 0 Å². The standard InChI is InChI=1S/C18H27NO6/c1-18(2,3)25-17(21)19-15(16(20)22-4)13-24-11-10-23-12-14-8-6-5-7-9-14/h5-9,15H,10-13H2,1-4H3,(H,19,21)/t15-/m0/s1. The molecule has 0 aliphatic heterocycles. The van der Waals surface area contributed by atoms with Crippen LogP contribution in [0.3, 0.4) is 0 Å². The van der Waals surface area contributed by atoms with Crippen LogP contribution in [0.4, 0.5) is 4.79 Å². The van der Waals surface area contributed by atoms with E-state index >= 15 is 0 Å². The van der Waals surface area contributed by atoms with Crippen LogP contribution >= 0.6 is 0 Å². The summed E-state index contributed by atoms with van der Waals surface area (Å²) in [5.74, 6) is -0.601. The second-order valence-corrected chi connectivity index (χ2v) is 6.34. The monoisotopic (exact) mass is 353 g/mol. The van der Waals surface area contributed by atoms with Crippen LogP contribution in [-0.4, -0.2) is 50.6 Å². The summed E-state index contributed by atoms with van der Waals surface area (Å²) in [6, 6.07) is 8.83. The Hall–Kier alpha value is -2.12. The molecule has 0 radical (unpaired) electrons. The van der Waals surface area contributed by atoms with Crippen molar-refractivity contribution < 1.29 is 28.5 Å². The number of alkyl carbamates (subject to hydrolysis) is 1. The first-order valence-electron chi connectivity index (χ1n) is 8.08. The normalized spacial score (nSPS) is 12.3. The van der Waals surface area contributed by atoms with Crippen molar-refractivity contribution in [3.63, 3.8) is 0 Å². The van der Waals surface area contributed by atoms with Crippen molar-refractivity contribution in [2.24, 2.45) is 0 Å². The Balaban J connectivity index is 2.28. The molecule has 7 nitrogen and oxygen atoms in total. The van der Waals surface area contributed by atoms with Gasteiger partial charge in [-0.25, -0.2) is 9.59 Å². The lowest BCUT2D eigenvalue weighted by Gasteiger charge is -2.22. The van der Waals surface area contributed by atoms with Gasteiger partial charge in [-0.2, -0.15) is 0 Å². The lowest BCUT2D eigenvalue weighted by molar-refractivity contribution is -0.145. The maximum atomic E-state index is 11.8. The number of esters is 1. The van der Waals surface area contributed by atoms with E-state index < -0.39 is 23.7 Å². The molecule has 0 saturated carbocycles. The van der Waals surface area contributed by atoms with Crippen LogP contribution in [-0.2, 0) is 30.3 Å². The van der Waals surface area contributed by atoms with Crippen LogP contribution in [0.25, 0.3) is 0 Å². The molecule has 1 atom stereocenters. The molecular weight excluding hydrogens is 326 g/mol. The molecule has 0 bridgehead atoms. The number of carbonyl (C=O) groups excluding carboxylic acids is 2. The van der Waals surface area contributed by atoms with Gasteiger partial charge < -0.3 is 24.3 Å². The van der Waals surface area contributed by atoms with Crippen LogP contribution in [0.1, 0.15) is 26.3 Å². The molecule has 140 valence electrons. The number of benzene rings is 1. The molecule has 0 aliphatic rings. The highest BCUT2D eigenvalue weighted by Crippen LogP contribution is 2.07. The molecule has 0 unspecified atom stereocenters. The summed E-state index contributed by atoms with van der Waals surface area (Å²) in [6.45, 7) is 6.33. The lowest BCUT2D eigenvalue weighted by Crippen LogP contribution is -2.46. The number of hydrogen-bond donors (Lipinski definition) is 1. The predicted octanol–water partition coefficient (Wildman–Crippen LogP) is 2.29. The van der Waals surface area contributed by atoms with Gasteiger partial charge in [0.05, 0.1) is 33.5 Å². The minimum absolute atomic E-state index is 0.0272. The van der Waals surface area contributed by atoms with Gasteiger partial charge >= 0.3 is 12.1 Å². The third-order valence-corrected chi connectivity index (χ3v) is 2.94. The molecule has 0 spiro atoms. The number of ether oxygens (including phenoxy) is 4. The molecule has 0 fully saturated rings. The number of nitrogens with one attached hydrogen (secondary N) is 1. The number of carbonyl (C=O) groups is 2. The Morgan fingerprint density at radius 1 is 1.08 bits per heavy atom. The largest absolute Gasteiger partial charge is 0.467 e. The summed E-state index contributed by atoms with van der Waals surface area (Å²) < 4.78 is 20.7. The summed E-state index contributed by atoms with van der Waals surface area (Å²) in [6.07, 6.45) is -0.702. The maximum absolute atomic E-state index is 11.8. The zero-order chi connectivity index (χ0) is 18.7. The molecule has 0 heterocycles. The van der Waals surface area contributed by atoms with E-state index in [1.54, 1.807) is 20.8 Å². The Morgan fingerprint density at radius 3 is 2.32 bits per heavy atom. The Morgan fingerprint density at radius 2 is 1.72 bits per heavy atom. The van der Waals surface area contributed by atoms with E-state index in [-0.39, 0.29) is 13.2 Å². The van der Waals surface area contributed by atoms with Gasteiger partial charge in [0, 0.05) is 0 Å². The Labute approximate surface area is 148 Å². The van der Waals surface area contributed by atoms with Gasteiger partial charge in [0.25, 0.3) is 0 Å². The fourth-order valence-corrected chi connectivity index (χ4v) is 1.84. The van der Waals surface area contributed by atoms with Gasteiger partial charge in [0.2, 0.25) is 0 Å². The van der Waals surface area contributed by atoms with Crippen LogP contribution < -0.4 is 5.32 Å². The van der Waals surface area contributed by atoms with Crippen molar-refractivity contribution in [2.45, 2.75) is 39.0 Å². The van der Waals surface area contributed by atoms with E-state index in [0.717, 1.165) is 5.56 Å². The molecule has 7 heteroatoms. The quantitative estimate of drug-likeness (QED) is 0.542. The first-order chi connectivity index (χ1) is 11.8. The van der Waals surface area contributed by atoms with Crippen molar-refractivity contribution in [3.05, 3.63) is 35.9 Å². The van der Waals surface area contributed by atoms with Gasteiger partial charge in [-0.05, 0) is 26.3 Å². The van der Waals surface area contributed by atoms with Gasteiger partial charge in [-0.3, -0.25) is 0 Å². The van der Waals surface area contributed by atoms with Crippen molar-refractivity contribution in [2.75, 3.05) is 26.9 Å². The van der Waals surface area contributed by atoms with E-state index in [1.807, 2.05) is 30.3 Å². The fourth-order valence-electron chi connectivity index (χ4n) is 1.84. The molecule has 25 heavy (non-hydrogen) atoms. The molecule has 0 aromatic heterocycles. The van der Waals surface area contributed by atoms with Gasteiger partial charge in [0.1, 0.15) is 5.60 Å². The van der Waals surface area contributed by atoms with Crippen molar-refractivity contribution in [1.82, 2.24) is 5.32 Å². The van der Waals surface area contributed by atoms with E-state index in [1.165, 1.54) is 7.11 Å². The van der Waals surface area contributed by atoms with Gasteiger partial charge in [-0.1, -0.05) is 30.3 Å². The topological polar surface area (TPSA) is 83.1 Å². The van der Waals surface area contributed by atoms with Crippen LogP contribution in [0.15, 0.2) is 30.3 Å². The molecule has 1 N–H and O–H groups in total. The molecule has 1 aromatic carbocycles. The first-order valence-corrected chi connectivity index (χ1v) is 8.08. The number of hydrogen-bond acceptors (Lipinski definition) is 6. The van der Waals surface area contributed by atoms with E-state index in [4.69, 9.17) is 14.2 Å². The molecule has 1 amide bonds.